The Kier molecular flexibility index (Phi) is 5.35. The van der Waals surface area contributed by atoms with Gasteiger partial charge in [0.15, 0.2) is 6.61 Å². The van der Waals surface area contributed by atoms with E-state index in [4.69, 9.17) is 14.2 Å². The molecular weight excluding hydrogens is 351 g/mol. The molecule has 0 bridgehead atoms. The average Bonchev–Trinajstić information content (AvgIpc) is 2.70. The first-order valence-corrected chi connectivity index (χ1v) is 8.14. The van der Waals surface area contributed by atoms with E-state index in [1.807, 2.05) is 24.3 Å². The van der Waals surface area contributed by atoms with Crippen LogP contribution in [0.15, 0.2) is 54.6 Å². The quantitative estimate of drug-likeness (QED) is 0.485. The summed E-state index contributed by atoms with van der Waals surface area (Å²) in [4.78, 5) is 24.8. The third-order valence-corrected chi connectivity index (χ3v) is 4.08. The Hall–Kier alpha value is -3.41. The lowest BCUT2D eigenvalue weighted by Crippen LogP contribution is -2.16. The van der Waals surface area contributed by atoms with Gasteiger partial charge in [-0.15, -0.1) is 0 Å². The molecule has 0 aliphatic rings. The van der Waals surface area contributed by atoms with Crippen LogP contribution in [0.4, 0.5) is 4.39 Å². The molecule has 27 heavy (non-hydrogen) atoms. The van der Waals surface area contributed by atoms with Crippen LogP contribution in [-0.2, 0) is 4.74 Å². The summed E-state index contributed by atoms with van der Waals surface area (Å²) in [7, 11) is 2.82. The second-order valence-corrected chi connectivity index (χ2v) is 5.74. The second-order valence-electron chi connectivity index (χ2n) is 5.74. The number of benzene rings is 3. The summed E-state index contributed by atoms with van der Waals surface area (Å²) in [5.74, 6) is -1.31. The fourth-order valence-electron chi connectivity index (χ4n) is 2.73. The van der Waals surface area contributed by atoms with Gasteiger partial charge in [-0.05, 0) is 41.1 Å². The first kappa shape index (κ1) is 18.4. The van der Waals surface area contributed by atoms with Gasteiger partial charge >= 0.3 is 5.97 Å². The summed E-state index contributed by atoms with van der Waals surface area (Å²) in [6.07, 6.45) is 0. The fourth-order valence-corrected chi connectivity index (χ4v) is 2.73. The highest BCUT2D eigenvalue weighted by Gasteiger charge is 2.19. The zero-order valence-electron chi connectivity index (χ0n) is 14.8. The molecule has 3 rings (SSSR count). The smallest absolute Gasteiger partial charge is 0.342 e. The van der Waals surface area contributed by atoms with E-state index in [-0.39, 0.29) is 16.9 Å². The number of ketones is 1. The zero-order valence-corrected chi connectivity index (χ0v) is 14.8. The number of methoxy groups -OCH3 is 2. The van der Waals surface area contributed by atoms with E-state index in [9.17, 15) is 14.0 Å². The first-order chi connectivity index (χ1) is 13.0. The van der Waals surface area contributed by atoms with Crippen molar-refractivity contribution < 1.29 is 28.2 Å². The topological polar surface area (TPSA) is 61.8 Å². The van der Waals surface area contributed by atoms with E-state index in [2.05, 4.69) is 0 Å². The van der Waals surface area contributed by atoms with Gasteiger partial charge in [0.2, 0.25) is 5.78 Å². The molecule has 0 amide bonds. The van der Waals surface area contributed by atoms with E-state index in [1.165, 1.54) is 26.4 Å². The van der Waals surface area contributed by atoms with Gasteiger partial charge in [-0.25, -0.2) is 9.18 Å². The predicted molar refractivity (Wildman–Crippen MR) is 98.1 cm³/mol. The average molecular weight is 368 g/mol. The number of ether oxygens (including phenoxy) is 3. The largest absolute Gasteiger partial charge is 0.496 e. The van der Waals surface area contributed by atoms with Gasteiger partial charge in [0.25, 0.3) is 0 Å². The minimum absolute atomic E-state index is 0.00998. The zero-order chi connectivity index (χ0) is 19.4. The van der Waals surface area contributed by atoms with Crippen molar-refractivity contribution >= 4 is 22.5 Å². The Labute approximate surface area is 155 Å². The molecule has 0 aliphatic carbocycles. The van der Waals surface area contributed by atoms with E-state index < -0.39 is 24.2 Å². The minimum Gasteiger partial charge on any atom is -0.496 e. The molecule has 6 heteroatoms. The Morgan fingerprint density at radius 2 is 1.52 bits per heavy atom. The Morgan fingerprint density at radius 3 is 2.19 bits per heavy atom. The van der Waals surface area contributed by atoms with Crippen LogP contribution < -0.4 is 9.47 Å². The molecule has 0 atom stereocenters. The summed E-state index contributed by atoms with van der Waals surface area (Å²) in [6, 6.07) is 14.4. The van der Waals surface area contributed by atoms with Crippen LogP contribution in [-0.4, -0.2) is 32.6 Å². The van der Waals surface area contributed by atoms with Gasteiger partial charge in [0.1, 0.15) is 22.9 Å². The molecule has 0 spiro atoms. The van der Waals surface area contributed by atoms with Crippen LogP contribution in [0.2, 0.25) is 0 Å². The fraction of sp³-hybridized carbons (Fsp3) is 0.143. The normalized spacial score (nSPS) is 10.5. The van der Waals surface area contributed by atoms with E-state index in [1.54, 1.807) is 12.1 Å². The number of rotatable bonds is 6. The van der Waals surface area contributed by atoms with Crippen molar-refractivity contribution in [1.29, 1.82) is 0 Å². The molecule has 0 aromatic heterocycles. The van der Waals surface area contributed by atoms with Crippen LogP contribution in [0.1, 0.15) is 20.7 Å². The Morgan fingerprint density at radius 1 is 0.852 bits per heavy atom. The van der Waals surface area contributed by atoms with Gasteiger partial charge in [-0.2, -0.15) is 0 Å². The van der Waals surface area contributed by atoms with Gasteiger partial charge in [-0.1, -0.05) is 24.3 Å². The minimum atomic E-state index is -0.707. The first-order valence-electron chi connectivity index (χ1n) is 8.14. The van der Waals surface area contributed by atoms with Crippen molar-refractivity contribution in [3.05, 3.63) is 71.5 Å². The Bertz CT molecular complexity index is 1010. The molecule has 3 aromatic rings. The monoisotopic (exact) mass is 368 g/mol. The number of halogens is 1. The van der Waals surface area contributed by atoms with Gasteiger partial charge < -0.3 is 14.2 Å². The lowest BCUT2D eigenvalue weighted by atomic mass is 10.1. The van der Waals surface area contributed by atoms with Crippen molar-refractivity contribution in [1.82, 2.24) is 0 Å². The van der Waals surface area contributed by atoms with Crippen LogP contribution in [0.5, 0.6) is 11.5 Å². The summed E-state index contributed by atoms with van der Waals surface area (Å²) >= 11 is 0. The van der Waals surface area contributed by atoms with Crippen LogP contribution >= 0.6 is 0 Å². The SMILES string of the molecule is COc1ccc(F)cc1C(=O)COC(=O)c1cc2ccccc2cc1OC. The summed E-state index contributed by atoms with van der Waals surface area (Å²) < 4.78 is 28.9. The molecule has 0 saturated carbocycles. The highest BCUT2D eigenvalue weighted by atomic mass is 19.1. The number of hydrogen-bond acceptors (Lipinski definition) is 5. The lowest BCUT2D eigenvalue weighted by Gasteiger charge is -2.11. The third kappa shape index (κ3) is 3.89. The lowest BCUT2D eigenvalue weighted by molar-refractivity contribution is 0.0471. The van der Waals surface area contributed by atoms with Crippen LogP contribution in [0, 0.1) is 5.82 Å². The highest BCUT2D eigenvalue weighted by Crippen LogP contribution is 2.27. The van der Waals surface area contributed by atoms with Crippen molar-refractivity contribution in [3.8, 4) is 11.5 Å². The van der Waals surface area contributed by atoms with Crippen molar-refractivity contribution in [2.45, 2.75) is 0 Å². The maximum atomic E-state index is 13.4. The molecule has 5 nitrogen and oxygen atoms in total. The predicted octanol–water partition coefficient (Wildman–Crippen LogP) is 4.04. The maximum absolute atomic E-state index is 13.4. The molecule has 3 aromatic carbocycles. The van der Waals surface area contributed by atoms with Gasteiger partial charge in [-0.3, -0.25) is 4.79 Å². The number of Topliss-reactive ketones (excluding diaryl/α,β-unsaturated/α-hetero) is 1. The maximum Gasteiger partial charge on any atom is 0.342 e. The number of carbonyl (C=O) groups excluding carboxylic acids is 2. The molecule has 0 fully saturated rings. The van der Waals surface area contributed by atoms with E-state index in [0.29, 0.717) is 5.75 Å². The summed E-state index contributed by atoms with van der Waals surface area (Å²) in [5.41, 5.74) is 0.214. The van der Waals surface area contributed by atoms with E-state index >= 15 is 0 Å². The van der Waals surface area contributed by atoms with Crippen molar-refractivity contribution in [2.75, 3.05) is 20.8 Å². The molecular formula is C21H17FO5. The van der Waals surface area contributed by atoms with Gasteiger partial charge in [0.05, 0.1) is 19.8 Å². The highest BCUT2D eigenvalue weighted by molar-refractivity contribution is 6.03. The second kappa shape index (κ2) is 7.86. The number of fused-ring (bicyclic) bond motifs is 1. The standard InChI is InChI=1S/C21H17FO5/c1-25-19-8-7-15(22)11-16(19)18(23)12-27-21(24)17-9-13-5-3-4-6-14(13)10-20(17)26-2/h3-11H,12H2,1-2H3. The van der Waals surface area contributed by atoms with Crippen molar-refractivity contribution in [3.63, 3.8) is 0 Å². The molecule has 0 unspecified atom stereocenters. The summed E-state index contributed by atoms with van der Waals surface area (Å²) in [6.45, 7) is -0.547. The van der Waals surface area contributed by atoms with Crippen LogP contribution in [0.3, 0.4) is 0 Å². The third-order valence-electron chi connectivity index (χ3n) is 4.08. The molecule has 0 radical (unpaired) electrons. The molecule has 0 aliphatic heterocycles. The Balaban J connectivity index is 1.81. The molecule has 0 saturated heterocycles. The van der Waals surface area contributed by atoms with E-state index in [0.717, 1.165) is 16.8 Å². The van der Waals surface area contributed by atoms with Crippen LogP contribution in [0.25, 0.3) is 10.8 Å². The molecule has 0 N–H and O–H groups in total. The molecule has 0 heterocycles. The number of carbonyl (C=O) groups is 2. The van der Waals surface area contributed by atoms with Crippen molar-refractivity contribution in [2.24, 2.45) is 0 Å². The summed E-state index contributed by atoms with van der Waals surface area (Å²) in [5, 5.41) is 1.75. The number of hydrogen-bond donors (Lipinski definition) is 0. The molecule has 138 valence electrons. The van der Waals surface area contributed by atoms with Gasteiger partial charge in [0, 0.05) is 0 Å². The number of esters is 1.